The Bertz CT molecular complexity index is 873. The molecule has 2 aromatic rings. The van der Waals surface area contributed by atoms with E-state index >= 15 is 0 Å². The fraction of sp³-hybridized carbons (Fsp3) is 0.476. The highest BCUT2D eigenvalue weighted by Gasteiger charge is 2.36. The number of aromatic nitrogens is 1. The summed E-state index contributed by atoms with van der Waals surface area (Å²) in [5.41, 5.74) is 2.30. The number of nitrogens with zero attached hydrogens (tertiary/aromatic N) is 3. The van der Waals surface area contributed by atoms with Gasteiger partial charge in [-0.1, -0.05) is 18.2 Å². The smallest absolute Gasteiger partial charge is 0.246 e. The van der Waals surface area contributed by atoms with Gasteiger partial charge in [0.25, 0.3) is 0 Å². The first-order valence-corrected chi connectivity index (χ1v) is 9.69. The molecule has 0 aliphatic carbocycles. The van der Waals surface area contributed by atoms with Crippen LogP contribution < -0.4 is 0 Å². The lowest BCUT2D eigenvalue weighted by molar-refractivity contribution is -0.151. The normalized spacial score (nSPS) is 17.0. The maximum atomic E-state index is 12.8. The predicted molar refractivity (Wildman–Crippen MR) is 108 cm³/mol. The van der Waals surface area contributed by atoms with Crippen molar-refractivity contribution in [3.8, 4) is 0 Å². The second kappa shape index (κ2) is 8.46. The number of carbonyl (C=O) groups excluding carboxylic acids is 3. The number of piperazine rings is 1. The molecule has 0 bridgehead atoms. The van der Waals surface area contributed by atoms with Crippen molar-refractivity contribution < 1.29 is 14.4 Å². The summed E-state index contributed by atoms with van der Waals surface area (Å²) >= 11 is 0. The molecular weight excluding hydrogens is 356 g/mol. The van der Waals surface area contributed by atoms with Crippen LogP contribution in [0.5, 0.6) is 0 Å². The van der Waals surface area contributed by atoms with E-state index in [1.165, 1.54) is 22.8 Å². The fourth-order valence-electron chi connectivity index (χ4n) is 3.79. The molecule has 1 unspecified atom stereocenters. The number of amides is 3. The van der Waals surface area contributed by atoms with Crippen LogP contribution >= 0.6 is 0 Å². The van der Waals surface area contributed by atoms with E-state index < -0.39 is 6.04 Å². The molecule has 0 radical (unpaired) electrons. The highest BCUT2D eigenvalue weighted by molar-refractivity contribution is 5.89. The third kappa shape index (κ3) is 4.18. The van der Waals surface area contributed by atoms with Gasteiger partial charge in [-0.25, -0.2) is 0 Å². The van der Waals surface area contributed by atoms with Crippen LogP contribution in [0.15, 0.2) is 30.5 Å². The number of likely N-dealkylation sites (N-methyl/N-ethyl adjacent to an activating group) is 1. The fourth-order valence-corrected chi connectivity index (χ4v) is 3.79. The minimum Gasteiger partial charge on any atom is -0.361 e. The first-order chi connectivity index (χ1) is 13.4. The summed E-state index contributed by atoms with van der Waals surface area (Å²) in [5, 5.41) is 1.19. The first-order valence-electron chi connectivity index (χ1n) is 9.69. The zero-order valence-electron chi connectivity index (χ0n) is 16.8. The third-order valence-corrected chi connectivity index (χ3v) is 5.38. The Kier molecular flexibility index (Phi) is 6.02. The quantitative estimate of drug-likeness (QED) is 0.851. The molecular formula is C21H28N4O3. The molecule has 1 N–H and O–H groups in total. The average Bonchev–Trinajstić information content (AvgIpc) is 3.10. The number of hydrogen-bond donors (Lipinski definition) is 1. The molecule has 28 heavy (non-hydrogen) atoms. The zero-order chi connectivity index (χ0) is 20.3. The van der Waals surface area contributed by atoms with Gasteiger partial charge in [0, 0.05) is 57.6 Å². The summed E-state index contributed by atoms with van der Waals surface area (Å²) in [6.07, 6.45) is 3.90. The van der Waals surface area contributed by atoms with Crippen molar-refractivity contribution in [2.75, 3.05) is 33.7 Å². The van der Waals surface area contributed by atoms with Crippen molar-refractivity contribution in [3.63, 3.8) is 0 Å². The van der Waals surface area contributed by atoms with Gasteiger partial charge in [-0.05, 0) is 24.5 Å². The molecule has 1 aromatic heterocycles. The maximum absolute atomic E-state index is 12.8. The third-order valence-electron chi connectivity index (χ3n) is 5.38. The van der Waals surface area contributed by atoms with Crippen LogP contribution in [0.3, 0.4) is 0 Å². The number of nitrogens with one attached hydrogen (secondary N) is 1. The first kappa shape index (κ1) is 19.9. The van der Waals surface area contributed by atoms with E-state index in [1.807, 2.05) is 24.4 Å². The molecule has 0 spiro atoms. The van der Waals surface area contributed by atoms with Gasteiger partial charge in [0.1, 0.15) is 6.04 Å². The summed E-state index contributed by atoms with van der Waals surface area (Å²) in [6.45, 7) is 2.63. The molecule has 1 aliphatic rings. The number of aryl methyl sites for hydroxylation is 1. The van der Waals surface area contributed by atoms with Crippen molar-refractivity contribution in [1.82, 2.24) is 19.7 Å². The maximum Gasteiger partial charge on any atom is 0.246 e. The molecule has 1 aromatic carbocycles. The van der Waals surface area contributed by atoms with Crippen molar-refractivity contribution in [2.24, 2.45) is 0 Å². The van der Waals surface area contributed by atoms with Crippen molar-refractivity contribution in [2.45, 2.75) is 32.2 Å². The molecule has 7 heteroatoms. The molecule has 1 atom stereocenters. The van der Waals surface area contributed by atoms with Crippen molar-refractivity contribution in [3.05, 3.63) is 36.0 Å². The van der Waals surface area contributed by atoms with Crippen LogP contribution in [0.2, 0.25) is 0 Å². The van der Waals surface area contributed by atoms with E-state index in [-0.39, 0.29) is 24.3 Å². The number of H-pyrrole nitrogens is 1. The van der Waals surface area contributed by atoms with Gasteiger partial charge in [0.2, 0.25) is 17.7 Å². The standard InChI is InChI=1S/C21H28N4O3/c1-15(26)24-11-12-25(19(14-24)21(28)23(2)3)20(27)10-6-7-16-13-22-18-9-5-4-8-17(16)18/h4-5,8-9,13,19,22H,6-7,10-12,14H2,1-3H3. The second-order valence-electron chi connectivity index (χ2n) is 7.51. The lowest BCUT2D eigenvalue weighted by atomic mass is 10.1. The van der Waals surface area contributed by atoms with Gasteiger partial charge < -0.3 is 19.7 Å². The topological polar surface area (TPSA) is 76.7 Å². The lowest BCUT2D eigenvalue weighted by Crippen LogP contribution is -2.61. The van der Waals surface area contributed by atoms with Gasteiger partial charge in [-0.2, -0.15) is 0 Å². The molecule has 1 aliphatic heterocycles. The van der Waals surface area contributed by atoms with Crippen LogP contribution in [0.25, 0.3) is 10.9 Å². The highest BCUT2D eigenvalue weighted by Crippen LogP contribution is 2.20. The second-order valence-corrected chi connectivity index (χ2v) is 7.51. The Morgan fingerprint density at radius 1 is 1.18 bits per heavy atom. The van der Waals surface area contributed by atoms with Gasteiger partial charge in [-0.15, -0.1) is 0 Å². The lowest BCUT2D eigenvalue weighted by Gasteiger charge is -2.41. The summed E-state index contributed by atoms with van der Waals surface area (Å²) in [6, 6.07) is 7.52. The Morgan fingerprint density at radius 3 is 2.64 bits per heavy atom. The van der Waals surface area contributed by atoms with E-state index in [1.54, 1.807) is 23.9 Å². The molecule has 0 saturated carbocycles. The van der Waals surface area contributed by atoms with E-state index in [0.717, 1.165) is 18.4 Å². The number of rotatable bonds is 5. The minimum absolute atomic E-state index is 0.0248. The Hall–Kier alpha value is -2.83. The molecule has 1 fully saturated rings. The van der Waals surface area contributed by atoms with Gasteiger partial charge in [0.15, 0.2) is 0 Å². The van der Waals surface area contributed by atoms with Crippen molar-refractivity contribution >= 4 is 28.6 Å². The van der Waals surface area contributed by atoms with E-state index in [9.17, 15) is 14.4 Å². The number of fused-ring (bicyclic) bond motifs is 1. The number of aromatic amines is 1. The van der Waals surface area contributed by atoms with Crippen LogP contribution in [-0.2, 0) is 20.8 Å². The average molecular weight is 384 g/mol. The van der Waals surface area contributed by atoms with Crippen LogP contribution in [0.4, 0.5) is 0 Å². The zero-order valence-corrected chi connectivity index (χ0v) is 16.8. The summed E-state index contributed by atoms with van der Waals surface area (Å²) < 4.78 is 0. The molecule has 2 heterocycles. The molecule has 7 nitrogen and oxygen atoms in total. The van der Waals surface area contributed by atoms with Gasteiger partial charge in [0.05, 0.1) is 6.54 Å². The van der Waals surface area contributed by atoms with Gasteiger partial charge >= 0.3 is 0 Å². The molecule has 3 rings (SSSR count). The van der Waals surface area contributed by atoms with Crippen LogP contribution in [0.1, 0.15) is 25.3 Å². The monoisotopic (exact) mass is 384 g/mol. The highest BCUT2D eigenvalue weighted by atomic mass is 16.2. The Labute approximate surface area is 165 Å². The molecule has 1 saturated heterocycles. The SMILES string of the molecule is CC(=O)N1CCN(C(=O)CCCc2c[nH]c3ccccc23)C(C(=O)N(C)C)C1. The summed E-state index contributed by atoms with van der Waals surface area (Å²) in [5.74, 6) is -0.234. The van der Waals surface area contributed by atoms with Gasteiger partial charge in [-0.3, -0.25) is 14.4 Å². The number of hydrogen-bond acceptors (Lipinski definition) is 3. The van der Waals surface area contributed by atoms with E-state index in [2.05, 4.69) is 11.1 Å². The number of carbonyl (C=O) groups is 3. The Morgan fingerprint density at radius 2 is 1.93 bits per heavy atom. The largest absolute Gasteiger partial charge is 0.361 e. The van der Waals surface area contributed by atoms with Crippen LogP contribution in [0, 0.1) is 0 Å². The Balaban J connectivity index is 1.63. The minimum atomic E-state index is -0.603. The number of benzene rings is 1. The predicted octanol–water partition coefficient (Wildman–Crippen LogP) is 1.64. The van der Waals surface area contributed by atoms with Crippen molar-refractivity contribution in [1.29, 1.82) is 0 Å². The van der Waals surface area contributed by atoms with Crippen LogP contribution in [-0.4, -0.2) is 77.2 Å². The van der Waals surface area contributed by atoms with E-state index in [0.29, 0.717) is 19.5 Å². The summed E-state index contributed by atoms with van der Waals surface area (Å²) in [7, 11) is 3.35. The van der Waals surface area contributed by atoms with E-state index in [4.69, 9.17) is 0 Å². The number of para-hydroxylation sites is 1. The molecule has 150 valence electrons. The molecule has 3 amide bonds. The summed E-state index contributed by atoms with van der Waals surface area (Å²) in [4.78, 5) is 45.2.